The molecule has 1 amide bonds. The Morgan fingerprint density at radius 3 is 2.63 bits per heavy atom. The molecule has 0 fully saturated rings. The molecule has 0 radical (unpaired) electrons. The van der Waals surface area contributed by atoms with Crippen LogP contribution in [0.4, 0.5) is 5.69 Å². The van der Waals surface area contributed by atoms with Crippen LogP contribution < -0.4 is 16.0 Å². The van der Waals surface area contributed by atoms with E-state index in [0.717, 1.165) is 23.6 Å². The number of carbonyl (C=O) groups excluding carboxylic acids is 1. The summed E-state index contributed by atoms with van der Waals surface area (Å²) in [7, 11) is 5.54. The van der Waals surface area contributed by atoms with Crippen LogP contribution in [0.25, 0.3) is 0 Å². The van der Waals surface area contributed by atoms with Gasteiger partial charge in [0.1, 0.15) is 0 Å². The molecule has 7 heteroatoms. The Labute approximate surface area is 181 Å². The highest BCUT2D eigenvalue weighted by molar-refractivity contribution is 14.0. The zero-order valence-electron chi connectivity index (χ0n) is 17.3. The summed E-state index contributed by atoms with van der Waals surface area (Å²) in [4.78, 5) is 18.0. The minimum Gasteiger partial charge on any atom is -0.354 e. The Morgan fingerprint density at radius 2 is 2.00 bits per heavy atom. The number of hydrogen-bond acceptors (Lipinski definition) is 3. The third-order valence-electron chi connectivity index (χ3n) is 3.98. The average Bonchev–Trinajstić information content (AvgIpc) is 2.58. The van der Waals surface area contributed by atoms with Gasteiger partial charge in [-0.15, -0.1) is 24.0 Å². The lowest BCUT2D eigenvalue weighted by Crippen LogP contribution is -2.41. The standard InChI is InChI=1S/C20H35N5O.HI/c1-6-7-8-10-16(2)23-20(21-3)22-14-17-11-9-12-18(13-17)24-19(26)15-25(4)5;/h9,11-13,16H,6-8,10,14-15H2,1-5H3,(H,24,26)(H2,21,22,23);1H. The van der Waals surface area contributed by atoms with Crippen LogP contribution in [-0.4, -0.2) is 50.5 Å². The van der Waals surface area contributed by atoms with Gasteiger partial charge in [-0.3, -0.25) is 9.79 Å². The van der Waals surface area contributed by atoms with Gasteiger partial charge in [-0.2, -0.15) is 0 Å². The number of likely N-dealkylation sites (N-methyl/N-ethyl adjacent to an activating group) is 1. The molecule has 6 nitrogen and oxygen atoms in total. The van der Waals surface area contributed by atoms with Crippen molar-refractivity contribution < 1.29 is 4.79 Å². The van der Waals surface area contributed by atoms with Crippen LogP contribution in [0.2, 0.25) is 0 Å². The van der Waals surface area contributed by atoms with E-state index >= 15 is 0 Å². The van der Waals surface area contributed by atoms with Crippen LogP contribution in [0.15, 0.2) is 29.3 Å². The summed E-state index contributed by atoms with van der Waals surface area (Å²) in [5, 5.41) is 9.69. The highest BCUT2D eigenvalue weighted by Crippen LogP contribution is 2.10. The number of carbonyl (C=O) groups is 1. The van der Waals surface area contributed by atoms with Crippen molar-refractivity contribution in [1.82, 2.24) is 15.5 Å². The maximum absolute atomic E-state index is 11.9. The molecule has 0 aliphatic heterocycles. The van der Waals surface area contributed by atoms with Crippen molar-refractivity contribution in [2.24, 2.45) is 4.99 Å². The molecule has 1 aromatic rings. The lowest BCUT2D eigenvalue weighted by atomic mass is 10.1. The highest BCUT2D eigenvalue weighted by Gasteiger charge is 2.06. The van der Waals surface area contributed by atoms with Crippen LogP contribution in [0, 0.1) is 0 Å². The molecule has 27 heavy (non-hydrogen) atoms. The molecule has 0 bridgehead atoms. The summed E-state index contributed by atoms with van der Waals surface area (Å²) in [6, 6.07) is 8.26. The molecule has 3 N–H and O–H groups in total. The maximum Gasteiger partial charge on any atom is 0.238 e. The van der Waals surface area contributed by atoms with Crippen molar-refractivity contribution in [3.63, 3.8) is 0 Å². The number of amides is 1. The first kappa shape index (κ1) is 25.6. The Balaban J connectivity index is 0.00000676. The van der Waals surface area contributed by atoms with Gasteiger partial charge in [0.15, 0.2) is 5.96 Å². The molecule has 1 aromatic carbocycles. The minimum atomic E-state index is -0.0153. The van der Waals surface area contributed by atoms with E-state index in [2.05, 4.69) is 34.8 Å². The number of benzene rings is 1. The number of rotatable bonds is 10. The van der Waals surface area contributed by atoms with Crippen molar-refractivity contribution in [3.05, 3.63) is 29.8 Å². The van der Waals surface area contributed by atoms with Gasteiger partial charge in [-0.25, -0.2) is 0 Å². The predicted molar refractivity (Wildman–Crippen MR) is 126 cm³/mol. The Hall–Kier alpha value is -1.35. The molecule has 0 saturated carbocycles. The van der Waals surface area contributed by atoms with Crippen LogP contribution >= 0.6 is 24.0 Å². The first-order valence-corrected chi connectivity index (χ1v) is 9.45. The number of unbranched alkanes of at least 4 members (excludes halogenated alkanes) is 2. The van der Waals surface area contributed by atoms with Crippen LogP contribution in [-0.2, 0) is 11.3 Å². The quantitative estimate of drug-likeness (QED) is 0.204. The summed E-state index contributed by atoms with van der Waals surface area (Å²) in [6.07, 6.45) is 4.88. The molecule has 0 heterocycles. The monoisotopic (exact) mass is 489 g/mol. The van der Waals surface area contributed by atoms with Crippen molar-refractivity contribution in [3.8, 4) is 0 Å². The summed E-state index contributed by atoms with van der Waals surface area (Å²) in [5.74, 6) is 0.787. The highest BCUT2D eigenvalue weighted by atomic mass is 127. The molecule has 1 rings (SSSR count). The zero-order chi connectivity index (χ0) is 19.4. The number of nitrogens with one attached hydrogen (secondary N) is 3. The fraction of sp³-hybridized carbons (Fsp3) is 0.600. The fourth-order valence-corrected chi connectivity index (χ4v) is 2.63. The van der Waals surface area contributed by atoms with E-state index in [0.29, 0.717) is 19.1 Å². The van der Waals surface area contributed by atoms with Gasteiger partial charge in [0, 0.05) is 25.3 Å². The molecule has 0 spiro atoms. The van der Waals surface area contributed by atoms with Crippen molar-refractivity contribution in [2.45, 2.75) is 52.1 Å². The average molecular weight is 489 g/mol. The molecule has 0 saturated heterocycles. The van der Waals surface area contributed by atoms with Gasteiger partial charge in [0.25, 0.3) is 0 Å². The normalized spacial score (nSPS) is 12.3. The molecule has 1 unspecified atom stereocenters. The van der Waals surface area contributed by atoms with E-state index in [9.17, 15) is 4.79 Å². The summed E-state index contributed by atoms with van der Waals surface area (Å²) >= 11 is 0. The maximum atomic E-state index is 11.9. The van der Waals surface area contributed by atoms with E-state index in [1.807, 2.05) is 43.3 Å². The number of nitrogens with zero attached hydrogens (tertiary/aromatic N) is 2. The first-order chi connectivity index (χ1) is 12.4. The molecule has 1 atom stereocenters. The lowest BCUT2D eigenvalue weighted by Gasteiger charge is -2.18. The third kappa shape index (κ3) is 11.9. The number of anilines is 1. The summed E-state index contributed by atoms with van der Waals surface area (Å²) < 4.78 is 0. The third-order valence-corrected chi connectivity index (χ3v) is 3.98. The first-order valence-electron chi connectivity index (χ1n) is 9.45. The van der Waals surface area contributed by atoms with Crippen LogP contribution in [0.1, 0.15) is 45.1 Å². The van der Waals surface area contributed by atoms with E-state index in [-0.39, 0.29) is 29.9 Å². The van der Waals surface area contributed by atoms with Crippen LogP contribution in [0.5, 0.6) is 0 Å². The second kappa shape index (κ2) is 14.7. The Bertz CT molecular complexity index is 577. The van der Waals surface area contributed by atoms with Crippen LogP contribution in [0.3, 0.4) is 0 Å². The van der Waals surface area contributed by atoms with Crippen molar-refractivity contribution in [2.75, 3.05) is 33.0 Å². The Kier molecular flexibility index (Phi) is 13.9. The largest absolute Gasteiger partial charge is 0.354 e. The van der Waals surface area contributed by atoms with E-state index in [4.69, 9.17) is 0 Å². The number of aliphatic imine (C=N–C) groups is 1. The van der Waals surface area contributed by atoms with Gasteiger partial charge < -0.3 is 20.9 Å². The topological polar surface area (TPSA) is 68.8 Å². The molecule has 0 aromatic heterocycles. The number of halogens is 1. The summed E-state index contributed by atoms with van der Waals surface area (Å²) in [5.41, 5.74) is 1.90. The van der Waals surface area contributed by atoms with E-state index in [1.165, 1.54) is 19.3 Å². The fourth-order valence-electron chi connectivity index (χ4n) is 2.63. The van der Waals surface area contributed by atoms with Gasteiger partial charge in [0.05, 0.1) is 6.54 Å². The number of hydrogen-bond donors (Lipinski definition) is 3. The minimum absolute atomic E-state index is 0. The second-order valence-corrected chi connectivity index (χ2v) is 6.95. The SMILES string of the molecule is CCCCCC(C)NC(=NC)NCc1cccc(NC(=O)CN(C)C)c1.I. The lowest BCUT2D eigenvalue weighted by molar-refractivity contribution is -0.116. The van der Waals surface area contributed by atoms with E-state index < -0.39 is 0 Å². The Morgan fingerprint density at radius 1 is 1.26 bits per heavy atom. The van der Waals surface area contributed by atoms with Crippen molar-refractivity contribution >= 4 is 41.5 Å². The second-order valence-electron chi connectivity index (χ2n) is 6.95. The number of guanidine groups is 1. The predicted octanol–water partition coefficient (Wildman–Crippen LogP) is 3.44. The summed E-state index contributed by atoms with van der Waals surface area (Å²) in [6.45, 7) is 5.42. The van der Waals surface area contributed by atoms with Gasteiger partial charge in [-0.1, -0.05) is 38.3 Å². The van der Waals surface area contributed by atoms with Gasteiger partial charge >= 0.3 is 0 Å². The van der Waals surface area contributed by atoms with Crippen molar-refractivity contribution in [1.29, 1.82) is 0 Å². The zero-order valence-corrected chi connectivity index (χ0v) is 19.7. The van der Waals surface area contributed by atoms with E-state index in [1.54, 1.807) is 7.05 Å². The van der Waals surface area contributed by atoms with Gasteiger partial charge in [0.2, 0.25) is 5.91 Å². The smallest absolute Gasteiger partial charge is 0.238 e. The molecule has 0 aliphatic rings. The molecular formula is C20H36IN5O. The molecule has 154 valence electrons. The molecular weight excluding hydrogens is 453 g/mol. The van der Waals surface area contributed by atoms with Gasteiger partial charge in [-0.05, 0) is 45.1 Å². The molecule has 0 aliphatic carbocycles.